The quantitative estimate of drug-likeness (QED) is 0.731. The molecular formula is C14H23BrOSi. The van der Waals surface area contributed by atoms with Gasteiger partial charge >= 0.3 is 0 Å². The molecule has 0 fully saturated rings. The van der Waals surface area contributed by atoms with E-state index in [4.69, 9.17) is 4.74 Å². The van der Waals surface area contributed by atoms with Crippen LogP contribution in [0.3, 0.4) is 0 Å². The SMILES string of the molecule is COc1c(Br)cc(C)cc1[Si](C)(C)C(C)(C)C. The Balaban J connectivity index is 3.50. The Morgan fingerprint density at radius 2 is 1.71 bits per heavy atom. The highest BCUT2D eigenvalue weighted by molar-refractivity contribution is 9.10. The highest BCUT2D eigenvalue weighted by Crippen LogP contribution is 2.39. The summed E-state index contributed by atoms with van der Waals surface area (Å²) in [6.45, 7) is 14.0. The molecule has 0 saturated heterocycles. The first kappa shape index (κ1) is 14.8. The Hall–Kier alpha value is -0.283. The van der Waals surface area contributed by atoms with Crippen molar-refractivity contribution in [3.8, 4) is 5.75 Å². The van der Waals surface area contributed by atoms with Crippen molar-refractivity contribution in [1.82, 2.24) is 0 Å². The van der Waals surface area contributed by atoms with Crippen LogP contribution in [-0.4, -0.2) is 15.2 Å². The monoisotopic (exact) mass is 314 g/mol. The number of hydrogen-bond donors (Lipinski definition) is 0. The van der Waals surface area contributed by atoms with Crippen molar-refractivity contribution in [2.24, 2.45) is 0 Å². The van der Waals surface area contributed by atoms with Gasteiger partial charge in [-0.05, 0) is 44.7 Å². The maximum absolute atomic E-state index is 5.60. The van der Waals surface area contributed by atoms with E-state index >= 15 is 0 Å². The molecule has 1 rings (SSSR count). The minimum absolute atomic E-state index is 0.313. The van der Waals surface area contributed by atoms with Crippen LogP contribution in [0.25, 0.3) is 0 Å². The van der Waals surface area contributed by atoms with E-state index in [-0.39, 0.29) is 0 Å². The fraction of sp³-hybridized carbons (Fsp3) is 0.571. The van der Waals surface area contributed by atoms with E-state index in [0.717, 1.165) is 10.2 Å². The van der Waals surface area contributed by atoms with Crippen molar-refractivity contribution in [2.75, 3.05) is 7.11 Å². The van der Waals surface area contributed by atoms with Gasteiger partial charge in [0.15, 0.2) is 0 Å². The van der Waals surface area contributed by atoms with Crippen LogP contribution in [0, 0.1) is 6.92 Å². The lowest BCUT2D eigenvalue weighted by molar-refractivity contribution is 0.415. The summed E-state index contributed by atoms with van der Waals surface area (Å²) in [6, 6.07) is 4.41. The average Bonchev–Trinajstić information content (AvgIpc) is 2.14. The molecule has 0 unspecified atom stereocenters. The number of ether oxygens (including phenoxy) is 1. The standard InChI is InChI=1S/C14H23BrOSi/c1-10-8-11(15)13(16-5)12(9-10)17(6,7)14(2,3)4/h8-9H,1-7H3. The van der Waals surface area contributed by atoms with Gasteiger partial charge in [0.2, 0.25) is 0 Å². The summed E-state index contributed by atoms with van der Waals surface area (Å²) in [5, 5.41) is 1.72. The van der Waals surface area contributed by atoms with Gasteiger partial charge in [-0.3, -0.25) is 0 Å². The van der Waals surface area contributed by atoms with Crippen molar-refractivity contribution >= 4 is 29.2 Å². The highest BCUT2D eigenvalue weighted by atomic mass is 79.9. The molecule has 3 heteroatoms. The summed E-state index contributed by atoms with van der Waals surface area (Å²) >= 11 is 3.61. The lowest BCUT2D eigenvalue weighted by atomic mass is 10.2. The van der Waals surface area contributed by atoms with E-state index in [1.54, 1.807) is 7.11 Å². The second-order valence-electron chi connectivity index (χ2n) is 6.20. The number of aryl methyl sites for hydroxylation is 1. The largest absolute Gasteiger partial charge is 0.496 e. The minimum atomic E-state index is -1.56. The smallest absolute Gasteiger partial charge is 0.132 e. The molecule has 1 aromatic rings. The molecule has 0 atom stereocenters. The third kappa shape index (κ3) is 2.76. The summed E-state index contributed by atoms with van der Waals surface area (Å²) < 4.78 is 6.67. The zero-order chi connectivity index (χ0) is 13.4. The molecule has 0 bridgehead atoms. The van der Waals surface area contributed by atoms with Crippen molar-refractivity contribution in [3.63, 3.8) is 0 Å². The van der Waals surface area contributed by atoms with Gasteiger partial charge in [-0.2, -0.15) is 0 Å². The lowest BCUT2D eigenvalue weighted by Gasteiger charge is -2.38. The predicted octanol–water partition coefficient (Wildman–Crippen LogP) is 4.48. The van der Waals surface area contributed by atoms with Gasteiger partial charge in [-0.25, -0.2) is 0 Å². The second-order valence-corrected chi connectivity index (χ2v) is 12.3. The van der Waals surface area contributed by atoms with Crippen molar-refractivity contribution in [2.45, 2.75) is 45.8 Å². The van der Waals surface area contributed by atoms with Gasteiger partial charge in [0.05, 0.1) is 19.7 Å². The topological polar surface area (TPSA) is 9.23 Å². The first-order chi connectivity index (χ1) is 7.61. The van der Waals surface area contributed by atoms with Crippen LogP contribution in [0.2, 0.25) is 18.1 Å². The summed E-state index contributed by atoms with van der Waals surface area (Å²) in [6.07, 6.45) is 0. The summed E-state index contributed by atoms with van der Waals surface area (Å²) in [7, 11) is 0.192. The molecule has 96 valence electrons. The Kier molecular flexibility index (Phi) is 4.15. The van der Waals surface area contributed by atoms with Gasteiger partial charge in [0.1, 0.15) is 5.75 Å². The van der Waals surface area contributed by atoms with Gasteiger partial charge in [-0.15, -0.1) is 0 Å². The number of methoxy groups -OCH3 is 1. The second kappa shape index (κ2) is 4.77. The summed E-state index contributed by atoms with van der Waals surface area (Å²) in [4.78, 5) is 0. The van der Waals surface area contributed by atoms with E-state index < -0.39 is 8.07 Å². The molecule has 0 aliphatic carbocycles. The molecule has 0 heterocycles. The first-order valence-electron chi connectivity index (χ1n) is 5.96. The maximum Gasteiger partial charge on any atom is 0.132 e. The van der Waals surface area contributed by atoms with E-state index in [9.17, 15) is 0 Å². The molecule has 0 N–H and O–H groups in total. The van der Waals surface area contributed by atoms with E-state index in [1.165, 1.54) is 10.8 Å². The highest BCUT2D eigenvalue weighted by Gasteiger charge is 2.39. The van der Waals surface area contributed by atoms with Gasteiger partial charge in [0.25, 0.3) is 0 Å². The van der Waals surface area contributed by atoms with Crippen LogP contribution in [0.4, 0.5) is 0 Å². The zero-order valence-corrected chi connectivity index (χ0v) is 14.5. The maximum atomic E-state index is 5.60. The third-order valence-corrected chi connectivity index (χ3v) is 10.00. The minimum Gasteiger partial charge on any atom is -0.496 e. The van der Waals surface area contributed by atoms with Crippen LogP contribution in [0.1, 0.15) is 26.3 Å². The molecule has 0 aliphatic rings. The zero-order valence-electron chi connectivity index (χ0n) is 11.9. The fourth-order valence-electron chi connectivity index (χ4n) is 1.80. The average molecular weight is 315 g/mol. The molecule has 17 heavy (non-hydrogen) atoms. The third-order valence-electron chi connectivity index (χ3n) is 3.94. The molecule has 0 radical (unpaired) electrons. The molecule has 1 nitrogen and oxygen atoms in total. The summed E-state index contributed by atoms with van der Waals surface area (Å²) in [5.41, 5.74) is 1.29. The molecule has 0 aromatic heterocycles. The molecule has 0 spiro atoms. The van der Waals surface area contributed by atoms with Crippen molar-refractivity contribution in [3.05, 3.63) is 22.2 Å². The van der Waals surface area contributed by atoms with Crippen LogP contribution in [-0.2, 0) is 0 Å². The Morgan fingerprint density at radius 1 is 1.18 bits per heavy atom. The van der Waals surface area contributed by atoms with Gasteiger partial charge in [-0.1, -0.05) is 39.9 Å². The molecule has 0 saturated carbocycles. The Bertz CT molecular complexity index is 419. The van der Waals surface area contributed by atoms with Crippen LogP contribution < -0.4 is 9.92 Å². The van der Waals surface area contributed by atoms with E-state index in [0.29, 0.717) is 5.04 Å². The molecule has 1 aromatic carbocycles. The van der Waals surface area contributed by atoms with Crippen molar-refractivity contribution in [1.29, 1.82) is 0 Å². The Labute approximate surface area is 115 Å². The predicted molar refractivity (Wildman–Crippen MR) is 82.3 cm³/mol. The van der Waals surface area contributed by atoms with Crippen LogP contribution >= 0.6 is 15.9 Å². The number of benzene rings is 1. The van der Waals surface area contributed by atoms with E-state index in [2.05, 4.69) is 68.9 Å². The number of hydrogen-bond acceptors (Lipinski definition) is 1. The molecular weight excluding hydrogens is 292 g/mol. The molecule has 0 aliphatic heterocycles. The van der Waals surface area contributed by atoms with Crippen LogP contribution in [0.5, 0.6) is 5.75 Å². The fourth-order valence-corrected chi connectivity index (χ4v) is 4.93. The van der Waals surface area contributed by atoms with Crippen molar-refractivity contribution < 1.29 is 4.74 Å². The first-order valence-corrected chi connectivity index (χ1v) is 9.75. The summed E-state index contributed by atoms with van der Waals surface area (Å²) in [5.74, 6) is 1.02. The number of rotatable bonds is 2. The van der Waals surface area contributed by atoms with Crippen LogP contribution in [0.15, 0.2) is 16.6 Å². The van der Waals surface area contributed by atoms with Gasteiger partial charge < -0.3 is 4.74 Å². The molecule has 0 amide bonds. The normalized spacial score (nSPS) is 12.7. The van der Waals surface area contributed by atoms with E-state index in [1.807, 2.05) is 0 Å². The lowest BCUT2D eigenvalue weighted by Crippen LogP contribution is -2.50. The number of halogens is 1. The Morgan fingerprint density at radius 3 is 2.12 bits per heavy atom. The van der Waals surface area contributed by atoms with Gasteiger partial charge in [0, 0.05) is 0 Å².